The Morgan fingerprint density at radius 1 is 1.18 bits per heavy atom. The van der Waals surface area contributed by atoms with Gasteiger partial charge in [-0.2, -0.15) is 0 Å². The van der Waals surface area contributed by atoms with E-state index >= 15 is 0 Å². The molecule has 0 unspecified atom stereocenters. The van der Waals surface area contributed by atoms with Crippen molar-refractivity contribution < 1.29 is 0 Å². The van der Waals surface area contributed by atoms with Crippen LogP contribution in [0.15, 0.2) is 28.7 Å². The molecule has 1 aromatic carbocycles. The van der Waals surface area contributed by atoms with Crippen molar-refractivity contribution in [3.05, 3.63) is 44.6 Å². The van der Waals surface area contributed by atoms with Crippen LogP contribution in [-0.2, 0) is 19.4 Å². The monoisotopic (exact) mass is 376 g/mol. The van der Waals surface area contributed by atoms with Crippen LogP contribution in [0.5, 0.6) is 0 Å². The summed E-state index contributed by atoms with van der Waals surface area (Å²) in [5, 5.41) is 0. The highest BCUT2D eigenvalue weighted by Gasteiger charge is 2.18. The molecule has 0 aliphatic heterocycles. The van der Waals surface area contributed by atoms with Gasteiger partial charge in [-0.1, -0.05) is 53.6 Å². The van der Waals surface area contributed by atoms with Gasteiger partial charge in [0.15, 0.2) is 0 Å². The first-order chi connectivity index (χ1) is 10.7. The minimum Gasteiger partial charge on any atom is -0.329 e. The first-order valence-electron chi connectivity index (χ1n) is 8.09. The third kappa shape index (κ3) is 3.18. The molecule has 2 aromatic rings. The molecule has 22 heavy (non-hydrogen) atoms. The van der Waals surface area contributed by atoms with E-state index < -0.39 is 0 Å². The summed E-state index contributed by atoms with van der Waals surface area (Å²) in [5.41, 5.74) is 3.90. The smallest absolute Gasteiger partial charge is 0.141 e. The number of hydrogen-bond donors (Lipinski definition) is 0. The van der Waals surface area contributed by atoms with E-state index in [0.29, 0.717) is 0 Å². The van der Waals surface area contributed by atoms with E-state index in [1.165, 1.54) is 36.9 Å². The van der Waals surface area contributed by atoms with E-state index in [1.54, 1.807) is 0 Å². The molecule has 2 nitrogen and oxygen atoms in total. The van der Waals surface area contributed by atoms with Gasteiger partial charge >= 0.3 is 0 Å². The zero-order chi connectivity index (χ0) is 15.5. The third-order valence-corrected chi connectivity index (χ3v) is 5.19. The average Bonchev–Trinajstić information content (AvgIpc) is 2.55. The molecule has 0 amide bonds. The fraction of sp³-hybridized carbons (Fsp3) is 0.444. The maximum atomic E-state index is 5.59. The number of hydrogen-bond acceptors (Lipinski definition) is 2. The van der Waals surface area contributed by atoms with Gasteiger partial charge in [-0.25, -0.2) is 4.98 Å². The number of aromatic nitrogens is 2. The molecule has 1 heterocycles. The molecule has 0 spiro atoms. The summed E-state index contributed by atoms with van der Waals surface area (Å²) in [4.78, 5) is 4.80. The van der Waals surface area contributed by atoms with Crippen molar-refractivity contribution in [1.82, 2.24) is 9.55 Å². The number of unbranched alkanes of at least 4 members (excludes halogenated alkanes) is 1. The molecule has 1 aromatic heterocycles. The highest BCUT2D eigenvalue weighted by Crippen LogP contribution is 2.28. The molecule has 116 valence electrons. The first-order valence-corrected chi connectivity index (χ1v) is 9.29. The normalized spacial score (nSPS) is 13.9. The highest BCUT2D eigenvalue weighted by molar-refractivity contribution is 9.10. The lowest BCUT2D eigenvalue weighted by molar-refractivity contribution is 0.555. The van der Waals surface area contributed by atoms with Crippen LogP contribution in [0.4, 0.5) is 0 Å². The Balaban J connectivity index is 2.17. The molecule has 0 radical (unpaired) electrons. The third-order valence-electron chi connectivity index (χ3n) is 4.32. The minimum absolute atomic E-state index is 0.806. The van der Waals surface area contributed by atoms with Crippen LogP contribution in [0, 0.1) is 4.64 Å². The van der Waals surface area contributed by atoms with Crippen molar-refractivity contribution in [2.45, 2.75) is 52.0 Å². The second-order valence-corrected chi connectivity index (χ2v) is 7.19. The summed E-state index contributed by atoms with van der Waals surface area (Å²) in [7, 11) is 0. The molecule has 0 saturated heterocycles. The number of nitrogens with zero attached hydrogens (tertiary/aromatic N) is 2. The summed E-state index contributed by atoms with van der Waals surface area (Å²) in [6.45, 7) is 3.27. The molecule has 0 saturated carbocycles. The predicted octanol–water partition coefficient (Wildman–Crippen LogP) is 5.72. The molecule has 0 atom stereocenters. The van der Waals surface area contributed by atoms with Crippen molar-refractivity contribution in [2.24, 2.45) is 0 Å². The lowest BCUT2D eigenvalue weighted by atomic mass is 9.96. The number of benzene rings is 1. The Morgan fingerprint density at radius 2 is 1.91 bits per heavy atom. The van der Waals surface area contributed by atoms with Gasteiger partial charge in [0.25, 0.3) is 0 Å². The number of fused-ring (bicyclic) bond motifs is 1. The molecule has 1 aliphatic carbocycles. The van der Waals surface area contributed by atoms with E-state index in [4.69, 9.17) is 17.2 Å². The molecule has 0 fully saturated rings. The Kier molecular flexibility index (Phi) is 5.09. The van der Waals surface area contributed by atoms with Crippen molar-refractivity contribution in [2.75, 3.05) is 0 Å². The van der Waals surface area contributed by atoms with Crippen LogP contribution in [0.2, 0.25) is 0 Å². The fourth-order valence-electron chi connectivity index (χ4n) is 3.15. The topological polar surface area (TPSA) is 17.8 Å². The molecule has 1 aliphatic rings. The second kappa shape index (κ2) is 7.05. The second-order valence-electron chi connectivity index (χ2n) is 5.89. The minimum atomic E-state index is 0.806. The molecular formula is C18H21BrN2S. The summed E-state index contributed by atoms with van der Waals surface area (Å²) >= 11 is 9.10. The maximum absolute atomic E-state index is 5.59. The van der Waals surface area contributed by atoms with E-state index in [2.05, 4.69) is 51.7 Å². The highest BCUT2D eigenvalue weighted by atomic mass is 79.9. The van der Waals surface area contributed by atoms with Crippen LogP contribution in [0.25, 0.3) is 11.4 Å². The van der Waals surface area contributed by atoms with Gasteiger partial charge in [0, 0.05) is 27.8 Å². The lowest BCUT2D eigenvalue weighted by Gasteiger charge is -2.24. The number of rotatable bonds is 4. The Bertz CT molecular complexity index is 719. The van der Waals surface area contributed by atoms with Crippen LogP contribution in [0.1, 0.15) is 43.9 Å². The summed E-state index contributed by atoms with van der Waals surface area (Å²) < 4.78 is 4.32. The Hall–Kier alpha value is -1.00. The standard InChI is InChI=1S/C18H21BrN2S/c1-2-3-12-21-16-7-5-4-6-15(16)18(22)20-17(21)13-8-10-14(19)11-9-13/h8-11H,2-7,12H2,1H3. The van der Waals surface area contributed by atoms with E-state index in [1.807, 2.05) is 0 Å². The molecule has 3 rings (SSSR count). The Labute approximate surface area is 145 Å². The van der Waals surface area contributed by atoms with E-state index in [9.17, 15) is 0 Å². The van der Waals surface area contributed by atoms with Crippen molar-refractivity contribution in [3.8, 4) is 11.4 Å². The summed E-state index contributed by atoms with van der Waals surface area (Å²) in [6, 6.07) is 8.39. The quantitative estimate of drug-likeness (QED) is 0.634. The van der Waals surface area contributed by atoms with Gasteiger partial charge in [-0.15, -0.1) is 0 Å². The van der Waals surface area contributed by atoms with Gasteiger partial charge < -0.3 is 4.57 Å². The van der Waals surface area contributed by atoms with Gasteiger partial charge in [-0.05, 0) is 44.2 Å². The summed E-state index contributed by atoms with van der Waals surface area (Å²) in [6.07, 6.45) is 7.10. The van der Waals surface area contributed by atoms with Crippen LogP contribution < -0.4 is 0 Å². The van der Waals surface area contributed by atoms with Crippen molar-refractivity contribution in [3.63, 3.8) is 0 Å². The average molecular weight is 377 g/mol. The lowest BCUT2D eigenvalue weighted by Crippen LogP contribution is -2.18. The van der Waals surface area contributed by atoms with E-state index in [0.717, 1.165) is 39.9 Å². The summed E-state index contributed by atoms with van der Waals surface area (Å²) in [5.74, 6) is 1.03. The van der Waals surface area contributed by atoms with Gasteiger partial charge in [0.1, 0.15) is 10.5 Å². The molecule has 4 heteroatoms. The molecular weight excluding hydrogens is 356 g/mol. The van der Waals surface area contributed by atoms with Gasteiger partial charge in [0.05, 0.1) is 0 Å². The SMILES string of the molecule is CCCCn1c(-c2ccc(Br)cc2)nc(=S)c2c1CCCC2. The van der Waals surface area contributed by atoms with Gasteiger partial charge in [0.2, 0.25) is 0 Å². The molecule has 0 bridgehead atoms. The van der Waals surface area contributed by atoms with Crippen LogP contribution >= 0.6 is 28.1 Å². The largest absolute Gasteiger partial charge is 0.329 e. The molecule has 0 N–H and O–H groups in total. The Morgan fingerprint density at radius 3 is 2.64 bits per heavy atom. The van der Waals surface area contributed by atoms with E-state index in [-0.39, 0.29) is 0 Å². The number of halogens is 1. The zero-order valence-electron chi connectivity index (χ0n) is 12.9. The van der Waals surface area contributed by atoms with Crippen LogP contribution in [0.3, 0.4) is 0 Å². The van der Waals surface area contributed by atoms with Gasteiger partial charge in [-0.3, -0.25) is 0 Å². The zero-order valence-corrected chi connectivity index (χ0v) is 15.3. The van der Waals surface area contributed by atoms with Crippen molar-refractivity contribution >= 4 is 28.1 Å². The van der Waals surface area contributed by atoms with Crippen LogP contribution in [-0.4, -0.2) is 9.55 Å². The first kappa shape index (κ1) is 15.9. The maximum Gasteiger partial charge on any atom is 0.141 e. The van der Waals surface area contributed by atoms with Crippen molar-refractivity contribution in [1.29, 1.82) is 0 Å². The predicted molar refractivity (Wildman–Crippen MR) is 97.7 cm³/mol. The fourth-order valence-corrected chi connectivity index (χ4v) is 3.72.